The summed E-state index contributed by atoms with van der Waals surface area (Å²) in [6, 6.07) is 0. The monoisotopic (exact) mass is 331 g/mol. The molecule has 3 aliphatic rings. The maximum absolute atomic E-state index is 9.88. The van der Waals surface area contributed by atoms with Crippen molar-refractivity contribution in [2.45, 2.75) is 50.7 Å². The molecule has 3 fully saturated rings. The van der Waals surface area contributed by atoms with Crippen molar-refractivity contribution in [3.63, 3.8) is 0 Å². The van der Waals surface area contributed by atoms with Crippen LogP contribution in [0.25, 0.3) is 0 Å². The fraction of sp³-hybridized carbons (Fsp3) is 1.00. The highest BCUT2D eigenvalue weighted by Crippen LogP contribution is 2.57. The number of rotatable bonds is 3. The standard InChI is InChI=1S/C16H30NO4P/c1-17(2)22-20-13-7-3-5-11(9-18)15(13)16-12(10-19)6-4-8-14(16)21-22/h11-16,18-19H,3-10H2,1-2H3. The average Bonchev–Trinajstić information content (AvgIpc) is 2.71. The minimum atomic E-state index is -1.02. The highest BCUT2D eigenvalue weighted by Gasteiger charge is 2.50. The van der Waals surface area contributed by atoms with E-state index in [1.165, 1.54) is 0 Å². The van der Waals surface area contributed by atoms with Crippen molar-refractivity contribution in [1.29, 1.82) is 0 Å². The van der Waals surface area contributed by atoms with Crippen molar-refractivity contribution in [1.82, 2.24) is 4.67 Å². The molecule has 5 nitrogen and oxygen atoms in total. The predicted octanol–water partition coefficient (Wildman–Crippen LogP) is 2.38. The highest BCUT2D eigenvalue weighted by molar-refractivity contribution is 7.44. The molecule has 6 atom stereocenters. The zero-order chi connectivity index (χ0) is 15.7. The number of fused-ring (bicyclic) bond motifs is 3. The van der Waals surface area contributed by atoms with Crippen molar-refractivity contribution in [2.24, 2.45) is 23.7 Å². The molecule has 1 aliphatic heterocycles. The first-order chi connectivity index (χ1) is 10.7. The Balaban J connectivity index is 1.92. The lowest BCUT2D eigenvalue weighted by molar-refractivity contribution is -0.0563. The Kier molecular flexibility index (Phi) is 5.75. The van der Waals surface area contributed by atoms with Gasteiger partial charge in [-0.1, -0.05) is 12.8 Å². The largest absolute Gasteiger partial charge is 0.396 e. The topological polar surface area (TPSA) is 62.2 Å². The molecule has 2 N–H and O–H groups in total. The van der Waals surface area contributed by atoms with Crippen molar-refractivity contribution >= 4 is 8.53 Å². The Morgan fingerprint density at radius 1 is 0.864 bits per heavy atom. The van der Waals surface area contributed by atoms with Crippen LogP contribution in [0.1, 0.15) is 38.5 Å². The summed E-state index contributed by atoms with van der Waals surface area (Å²) in [6.45, 7) is 0.456. The summed E-state index contributed by atoms with van der Waals surface area (Å²) in [5.74, 6) is 1.24. The number of hydrogen-bond acceptors (Lipinski definition) is 5. The van der Waals surface area contributed by atoms with Crippen LogP contribution < -0.4 is 0 Å². The molecule has 0 amide bonds. The van der Waals surface area contributed by atoms with Gasteiger partial charge in [0.2, 0.25) is 0 Å². The molecule has 6 heteroatoms. The van der Waals surface area contributed by atoms with Crippen LogP contribution in [0.3, 0.4) is 0 Å². The third-order valence-electron chi connectivity index (χ3n) is 5.77. The van der Waals surface area contributed by atoms with E-state index in [0.717, 1.165) is 38.5 Å². The molecule has 0 aromatic carbocycles. The maximum Gasteiger partial charge on any atom is 0.258 e. The third-order valence-corrected chi connectivity index (χ3v) is 7.32. The van der Waals surface area contributed by atoms with Gasteiger partial charge in [0.25, 0.3) is 8.53 Å². The van der Waals surface area contributed by atoms with Crippen LogP contribution >= 0.6 is 8.53 Å². The fourth-order valence-electron chi connectivity index (χ4n) is 4.78. The van der Waals surface area contributed by atoms with E-state index in [0.29, 0.717) is 23.7 Å². The van der Waals surface area contributed by atoms with E-state index in [9.17, 15) is 10.2 Å². The molecule has 1 saturated heterocycles. The third kappa shape index (κ3) is 3.22. The van der Waals surface area contributed by atoms with Crippen molar-refractivity contribution < 1.29 is 19.3 Å². The van der Waals surface area contributed by atoms with Crippen molar-refractivity contribution in [3.8, 4) is 0 Å². The summed E-state index contributed by atoms with van der Waals surface area (Å²) < 4.78 is 14.8. The van der Waals surface area contributed by atoms with Crippen LogP contribution in [0.2, 0.25) is 0 Å². The second-order valence-electron chi connectivity index (χ2n) is 7.27. The van der Waals surface area contributed by atoms with E-state index >= 15 is 0 Å². The van der Waals surface area contributed by atoms with Gasteiger partial charge in [-0.25, -0.2) is 4.67 Å². The van der Waals surface area contributed by atoms with Crippen LogP contribution in [0, 0.1) is 23.7 Å². The summed E-state index contributed by atoms with van der Waals surface area (Å²) in [5, 5.41) is 19.8. The molecule has 3 rings (SSSR count). The molecule has 2 saturated carbocycles. The molecule has 0 spiro atoms. The lowest BCUT2D eigenvalue weighted by Gasteiger charge is -2.46. The zero-order valence-electron chi connectivity index (χ0n) is 13.7. The molecule has 22 heavy (non-hydrogen) atoms. The van der Waals surface area contributed by atoms with Gasteiger partial charge in [0, 0.05) is 13.2 Å². The average molecular weight is 331 g/mol. The molecule has 2 aliphatic carbocycles. The van der Waals surface area contributed by atoms with Gasteiger partial charge in [0.15, 0.2) is 0 Å². The van der Waals surface area contributed by atoms with Gasteiger partial charge in [0.1, 0.15) is 0 Å². The molecule has 0 bridgehead atoms. The molecule has 6 unspecified atom stereocenters. The van der Waals surface area contributed by atoms with Gasteiger partial charge < -0.3 is 19.3 Å². The number of aliphatic hydroxyl groups excluding tert-OH is 2. The first kappa shape index (κ1) is 17.1. The predicted molar refractivity (Wildman–Crippen MR) is 86.2 cm³/mol. The SMILES string of the molecule is CN(C)P1OC2CCCC(CO)C2C2C(CO)CCCC2O1. The minimum absolute atomic E-state index is 0.168. The zero-order valence-corrected chi connectivity index (χ0v) is 14.6. The number of aliphatic hydroxyl groups is 2. The number of hydrogen-bond donors (Lipinski definition) is 2. The second kappa shape index (κ2) is 7.42. The molecule has 0 aromatic rings. The van der Waals surface area contributed by atoms with Crippen LogP contribution in [-0.2, 0) is 9.05 Å². The quantitative estimate of drug-likeness (QED) is 0.778. The van der Waals surface area contributed by atoms with Crippen LogP contribution in [0.5, 0.6) is 0 Å². The van der Waals surface area contributed by atoms with Gasteiger partial charge in [-0.3, -0.25) is 0 Å². The van der Waals surface area contributed by atoms with Crippen LogP contribution in [-0.4, -0.2) is 54.4 Å². The molecule has 1 heterocycles. The van der Waals surface area contributed by atoms with Crippen LogP contribution in [0.4, 0.5) is 0 Å². The Morgan fingerprint density at radius 2 is 1.32 bits per heavy atom. The normalized spacial score (nSPS) is 46.0. The van der Waals surface area contributed by atoms with E-state index in [-0.39, 0.29) is 25.4 Å². The smallest absolute Gasteiger partial charge is 0.258 e. The Bertz CT molecular complexity index is 340. The minimum Gasteiger partial charge on any atom is -0.396 e. The van der Waals surface area contributed by atoms with E-state index in [1.807, 2.05) is 14.1 Å². The molecular formula is C16H30NO4P. The summed E-state index contributed by atoms with van der Waals surface area (Å²) in [7, 11) is 3.00. The lowest BCUT2D eigenvalue weighted by Crippen LogP contribution is -2.48. The van der Waals surface area contributed by atoms with E-state index in [1.54, 1.807) is 0 Å². The summed E-state index contributed by atoms with van der Waals surface area (Å²) in [5.41, 5.74) is 0. The summed E-state index contributed by atoms with van der Waals surface area (Å²) in [6.07, 6.45) is 6.82. The second-order valence-corrected chi connectivity index (χ2v) is 8.97. The van der Waals surface area contributed by atoms with Crippen LogP contribution in [0.15, 0.2) is 0 Å². The van der Waals surface area contributed by atoms with E-state index in [4.69, 9.17) is 9.05 Å². The summed E-state index contributed by atoms with van der Waals surface area (Å²) in [4.78, 5) is 0. The van der Waals surface area contributed by atoms with Gasteiger partial charge in [-0.05, 0) is 63.5 Å². The fourth-order valence-corrected chi connectivity index (χ4v) is 6.16. The van der Waals surface area contributed by atoms with Gasteiger partial charge in [0.05, 0.1) is 12.2 Å². The van der Waals surface area contributed by atoms with E-state index < -0.39 is 8.53 Å². The first-order valence-electron chi connectivity index (χ1n) is 8.68. The molecular weight excluding hydrogens is 301 g/mol. The van der Waals surface area contributed by atoms with Crippen molar-refractivity contribution in [2.75, 3.05) is 27.3 Å². The first-order valence-corrected chi connectivity index (χ1v) is 9.81. The van der Waals surface area contributed by atoms with E-state index in [2.05, 4.69) is 4.67 Å². The van der Waals surface area contributed by atoms with Gasteiger partial charge >= 0.3 is 0 Å². The Hall–Kier alpha value is 0.230. The Morgan fingerprint density at radius 3 is 1.68 bits per heavy atom. The van der Waals surface area contributed by atoms with Gasteiger partial charge in [-0.15, -0.1) is 0 Å². The van der Waals surface area contributed by atoms with Gasteiger partial charge in [-0.2, -0.15) is 0 Å². The maximum atomic E-state index is 9.88. The molecule has 0 aromatic heterocycles. The lowest BCUT2D eigenvalue weighted by atomic mass is 9.62. The molecule has 128 valence electrons. The highest BCUT2D eigenvalue weighted by atomic mass is 31.2. The number of nitrogens with zero attached hydrogens (tertiary/aromatic N) is 1. The van der Waals surface area contributed by atoms with Crippen molar-refractivity contribution in [3.05, 3.63) is 0 Å². The summed E-state index contributed by atoms with van der Waals surface area (Å²) >= 11 is 0. The Labute approximate surface area is 135 Å². The molecule has 0 radical (unpaired) electrons.